The number of aromatic nitrogens is 2. The molecule has 1 aromatic rings. The molecule has 0 aromatic carbocycles. The van der Waals surface area contributed by atoms with E-state index in [2.05, 4.69) is 44.8 Å². The van der Waals surface area contributed by atoms with Crippen LogP contribution >= 0.6 is 15.9 Å². The van der Waals surface area contributed by atoms with Crippen molar-refractivity contribution < 1.29 is 0 Å². The summed E-state index contributed by atoms with van der Waals surface area (Å²) in [6.07, 6.45) is 3.79. The number of likely N-dealkylation sites (N-methyl/N-ethyl adjacent to an activating group) is 1. The zero-order valence-corrected chi connectivity index (χ0v) is 14.3. The molecule has 2 heterocycles. The lowest BCUT2D eigenvalue weighted by atomic mass is 10.1. The molecular formula is C14H24BrN5O. The first-order valence-corrected chi connectivity index (χ1v) is 8.28. The maximum absolute atomic E-state index is 12.4. The summed E-state index contributed by atoms with van der Waals surface area (Å²) in [6, 6.07) is 0.216. The average Bonchev–Trinajstić information content (AvgIpc) is 2.49. The van der Waals surface area contributed by atoms with Crippen LogP contribution in [-0.4, -0.2) is 53.9 Å². The van der Waals surface area contributed by atoms with Crippen LogP contribution in [0, 0.1) is 0 Å². The van der Waals surface area contributed by atoms with Gasteiger partial charge in [0.2, 0.25) is 0 Å². The van der Waals surface area contributed by atoms with Crippen LogP contribution in [-0.2, 0) is 6.54 Å². The lowest BCUT2D eigenvalue weighted by Gasteiger charge is -2.41. The monoisotopic (exact) mass is 357 g/mol. The number of halogens is 1. The third-order valence-electron chi connectivity index (χ3n) is 3.96. The van der Waals surface area contributed by atoms with E-state index in [-0.39, 0.29) is 11.6 Å². The number of unbranched alkanes of at least 4 members (excludes halogenated alkanes) is 1. The minimum atomic E-state index is -0.0596. The Morgan fingerprint density at radius 2 is 2.24 bits per heavy atom. The van der Waals surface area contributed by atoms with Crippen LogP contribution in [0.1, 0.15) is 19.8 Å². The molecule has 0 saturated carbocycles. The number of aryl methyl sites for hydroxylation is 1. The summed E-state index contributed by atoms with van der Waals surface area (Å²) in [7, 11) is 2.09. The highest BCUT2D eigenvalue weighted by Gasteiger charge is 2.27. The largest absolute Gasteiger partial charge is 0.362 e. The summed E-state index contributed by atoms with van der Waals surface area (Å²) in [5.74, 6) is 0. The highest BCUT2D eigenvalue weighted by molar-refractivity contribution is 9.10. The third kappa shape index (κ3) is 3.64. The predicted molar refractivity (Wildman–Crippen MR) is 88.8 cm³/mol. The molecule has 1 fully saturated rings. The van der Waals surface area contributed by atoms with E-state index in [1.807, 2.05) is 0 Å². The molecule has 2 N–H and O–H groups in total. The van der Waals surface area contributed by atoms with Crippen molar-refractivity contribution in [3.63, 3.8) is 0 Å². The van der Waals surface area contributed by atoms with Crippen LogP contribution in [0.3, 0.4) is 0 Å². The zero-order valence-electron chi connectivity index (χ0n) is 12.8. The number of hydrogen-bond acceptors (Lipinski definition) is 5. The van der Waals surface area contributed by atoms with Crippen LogP contribution < -0.4 is 16.2 Å². The summed E-state index contributed by atoms with van der Waals surface area (Å²) in [5, 5.41) is 4.32. The second-order valence-corrected chi connectivity index (χ2v) is 6.36. The van der Waals surface area contributed by atoms with Gasteiger partial charge in [-0.1, -0.05) is 13.3 Å². The molecule has 7 heteroatoms. The van der Waals surface area contributed by atoms with Crippen molar-refractivity contribution in [2.75, 3.05) is 38.1 Å². The second kappa shape index (κ2) is 7.38. The van der Waals surface area contributed by atoms with E-state index in [1.54, 1.807) is 6.20 Å². The van der Waals surface area contributed by atoms with Gasteiger partial charge in [0.05, 0.1) is 17.9 Å². The first-order valence-electron chi connectivity index (χ1n) is 7.49. The quantitative estimate of drug-likeness (QED) is 0.847. The standard InChI is InChI=1S/C14H24BrN5O/c1-3-4-5-20-14(21)13(15)12(9-17-20)19-7-6-18(2)10-11(19)8-16/h9,11H,3-8,10,16H2,1-2H3. The molecule has 0 spiro atoms. The van der Waals surface area contributed by atoms with Crippen molar-refractivity contribution in [1.29, 1.82) is 0 Å². The molecule has 0 amide bonds. The van der Waals surface area contributed by atoms with Crippen molar-refractivity contribution in [3.8, 4) is 0 Å². The first-order chi connectivity index (χ1) is 10.1. The summed E-state index contributed by atoms with van der Waals surface area (Å²) >= 11 is 3.46. The van der Waals surface area contributed by atoms with Crippen molar-refractivity contribution in [1.82, 2.24) is 14.7 Å². The molecular weight excluding hydrogens is 334 g/mol. The third-order valence-corrected chi connectivity index (χ3v) is 4.70. The van der Waals surface area contributed by atoms with E-state index in [0.29, 0.717) is 17.6 Å². The van der Waals surface area contributed by atoms with Crippen LogP contribution in [0.25, 0.3) is 0 Å². The van der Waals surface area contributed by atoms with E-state index >= 15 is 0 Å². The van der Waals surface area contributed by atoms with Crippen LogP contribution in [0.15, 0.2) is 15.5 Å². The van der Waals surface area contributed by atoms with Gasteiger partial charge in [-0.15, -0.1) is 0 Å². The van der Waals surface area contributed by atoms with E-state index in [4.69, 9.17) is 5.73 Å². The van der Waals surface area contributed by atoms with E-state index < -0.39 is 0 Å². The molecule has 0 aliphatic carbocycles. The van der Waals surface area contributed by atoms with Crippen LogP contribution in [0.5, 0.6) is 0 Å². The molecule has 0 bridgehead atoms. The van der Waals surface area contributed by atoms with Gasteiger partial charge in [-0.2, -0.15) is 5.10 Å². The SMILES string of the molecule is CCCCn1ncc(N2CCN(C)CC2CN)c(Br)c1=O. The Hall–Kier alpha value is -0.920. The Morgan fingerprint density at radius 3 is 2.90 bits per heavy atom. The number of anilines is 1. The normalized spacial score (nSPS) is 20.0. The lowest BCUT2D eigenvalue weighted by molar-refractivity contribution is 0.269. The molecule has 1 aromatic heterocycles. The fourth-order valence-electron chi connectivity index (χ4n) is 2.65. The molecule has 0 radical (unpaired) electrons. The Bertz CT molecular complexity index is 533. The number of piperazine rings is 1. The number of hydrogen-bond donors (Lipinski definition) is 1. The summed E-state index contributed by atoms with van der Waals surface area (Å²) < 4.78 is 2.13. The van der Waals surface area contributed by atoms with Gasteiger partial charge in [0.25, 0.3) is 5.56 Å². The van der Waals surface area contributed by atoms with Gasteiger partial charge in [0.1, 0.15) is 4.47 Å². The number of nitrogens with zero attached hydrogens (tertiary/aromatic N) is 4. The summed E-state index contributed by atoms with van der Waals surface area (Å²) in [6.45, 7) is 6.05. The molecule has 1 aliphatic heterocycles. The highest BCUT2D eigenvalue weighted by atomic mass is 79.9. The maximum atomic E-state index is 12.4. The Kier molecular flexibility index (Phi) is 5.78. The van der Waals surface area contributed by atoms with Gasteiger partial charge in [-0.25, -0.2) is 4.68 Å². The lowest BCUT2D eigenvalue weighted by Crippen LogP contribution is -2.55. The molecule has 1 saturated heterocycles. The average molecular weight is 358 g/mol. The molecule has 118 valence electrons. The second-order valence-electron chi connectivity index (χ2n) is 5.57. The molecule has 1 aliphatic rings. The summed E-state index contributed by atoms with van der Waals surface area (Å²) in [5.41, 5.74) is 6.69. The van der Waals surface area contributed by atoms with Crippen molar-refractivity contribution in [2.24, 2.45) is 5.73 Å². The minimum Gasteiger partial charge on any atom is -0.362 e. The Labute approximate surface area is 134 Å². The van der Waals surface area contributed by atoms with Crippen LogP contribution in [0.2, 0.25) is 0 Å². The maximum Gasteiger partial charge on any atom is 0.283 e. The van der Waals surface area contributed by atoms with Crippen molar-refractivity contribution in [2.45, 2.75) is 32.4 Å². The predicted octanol–water partition coefficient (Wildman–Crippen LogP) is 0.885. The van der Waals surface area contributed by atoms with Crippen LogP contribution in [0.4, 0.5) is 5.69 Å². The molecule has 1 unspecified atom stereocenters. The molecule has 21 heavy (non-hydrogen) atoms. The first kappa shape index (κ1) is 16.5. The van der Waals surface area contributed by atoms with Gasteiger partial charge in [0.15, 0.2) is 0 Å². The highest BCUT2D eigenvalue weighted by Crippen LogP contribution is 2.25. The van der Waals surface area contributed by atoms with E-state index in [1.165, 1.54) is 4.68 Å². The zero-order chi connectivity index (χ0) is 15.4. The van der Waals surface area contributed by atoms with E-state index in [9.17, 15) is 4.79 Å². The Morgan fingerprint density at radius 1 is 1.48 bits per heavy atom. The van der Waals surface area contributed by atoms with Gasteiger partial charge in [0, 0.05) is 32.7 Å². The summed E-state index contributed by atoms with van der Waals surface area (Å²) in [4.78, 5) is 16.8. The molecule has 6 nitrogen and oxygen atoms in total. The molecule has 1 atom stereocenters. The van der Waals surface area contributed by atoms with Crippen molar-refractivity contribution >= 4 is 21.6 Å². The van der Waals surface area contributed by atoms with Gasteiger partial charge in [-0.3, -0.25) is 4.79 Å². The van der Waals surface area contributed by atoms with Crippen molar-refractivity contribution in [3.05, 3.63) is 21.0 Å². The smallest absolute Gasteiger partial charge is 0.283 e. The van der Waals surface area contributed by atoms with Gasteiger partial charge >= 0.3 is 0 Å². The topological polar surface area (TPSA) is 67.4 Å². The van der Waals surface area contributed by atoms with Gasteiger partial charge < -0.3 is 15.5 Å². The Balaban J connectivity index is 2.27. The minimum absolute atomic E-state index is 0.0596. The fourth-order valence-corrected chi connectivity index (χ4v) is 3.19. The number of nitrogens with two attached hydrogens (primary N) is 1. The molecule has 2 rings (SSSR count). The fraction of sp³-hybridized carbons (Fsp3) is 0.714. The van der Waals surface area contributed by atoms with E-state index in [0.717, 1.165) is 38.2 Å². The number of rotatable bonds is 5. The van der Waals surface area contributed by atoms with Gasteiger partial charge in [-0.05, 0) is 29.4 Å².